The molecule has 1 aromatic heterocycles. The highest BCUT2D eigenvalue weighted by atomic mass is 19.3. The molecule has 2 amide bonds. The number of rotatable bonds is 6. The fraction of sp³-hybridized carbons (Fsp3) is 0.200. The number of hydrogen-bond acceptors (Lipinski definition) is 5. The molecular weight excluding hydrogens is 322 g/mol. The number of nitrogens with two attached hydrogens (primary N) is 1. The van der Waals surface area contributed by atoms with Crippen molar-refractivity contribution in [2.24, 2.45) is 5.84 Å². The summed E-state index contributed by atoms with van der Waals surface area (Å²) in [5, 5.41) is 2.38. The van der Waals surface area contributed by atoms with Crippen LogP contribution in [-0.2, 0) is 6.61 Å². The second-order valence-corrected chi connectivity index (χ2v) is 4.58. The van der Waals surface area contributed by atoms with Gasteiger partial charge in [-0.05, 0) is 6.07 Å². The lowest BCUT2D eigenvalue weighted by Crippen LogP contribution is -2.34. The van der Waals surface area contributed by atoms with E-state index in [2.05, 4.69) is 10.3 Å². The number of aromatic nitrogens is 1. The fourth-order valence-corrected chi connectivity index (χ4v) is 1.98. The number of halogens is 2. The van der Waals surface area contributed by atoms with Gasteiger partial charge in [-0.2, -0.15) is 4.98 Å². The Morgan fingerprint density at radius 3 is 2.62 bits per heavy atom. The Balaban J connectivity index is 2.27. The van der Waals surface area contributed by atoms with Crippen molar-refractivity contribution in [1.29, 1.82) is 0 Å². The number of methoxy groups -OCH3 is 1. The standard InChI is InChI=1S/C15H16F2N4O3/c1-23-12-6-3-7-13(20-12)24-8-10-9(14(16)17)4-2-5-11(10)19-15(22)21-18/h2-7,14H,8,18H2,1H3,(H2,19,21,22). The largest absolute Gasteiger partial charge is 0.481 e. The molecule has 2 aromatic rings. The molecule has 0 aliphatic rings. The third-order valence-corrected chi connectivity index (χ3v) is 3.10. The summed E-state index contributed by atoms with van der Waals surface area (Å²) in [7, 11) is 1.45. The van der Waals surface area contributed by atoms with Gasteiger partial charge in [0.25, 0.3) is 6.43 Å². The number of hydrogen-bond donors (Lipinski definition) is 3. The average Bonchev–Trinajstić information content (AvgIpc) is 2.60. The van der Waals surface area contributed by atoms with Gasteiger partial charge < -0.3 is 14.8 Å². The number of carbonyl (C=O) groups is 1. The highest BCUT2D eigenvalue weighted by Crippen LogP contribution is 2.29. The topological polar surface area (TPSA) is 98.5 Å². The van der Waals surface area contributed by atoms with Crippen molar-refractivity contribution in [3.05, 3.63) is 47.5 Å². The van der Waals surface area contributed by atoms with Crippen LogP contribution >= 0.6 is 0 Å². The van der Waals surface area contributed by atoms with Gasteiger partial charge in [0, 0.05) is 28.9 Å². The number of hydrazine groups is 1. The Morgan fingerprint density at radius 1 is 1.25 bits per heavy atom. The number of pyridine rings is 1. The van der Waals surface area contributed by atoms with Crippen LogP contribution in [0.1, 0.15) is 17.6 Å². The molecule has 7 nitrogen and oxygen atoms in total. The first-order chi connectivity index (χ1) is 11.5. The highest BCUT2D eigenvalue weighted by Gasteiger charge is 2.18. The van der Waals surface area contributed by atoms with Crippen molar-refractivity contribution in [1.82, 2.24) is 10.4 Å². The summed E-state index contributed by atoms with van der Waals surface area (Å²) in [4.78, 5) is 15.4. The lowest BCUT2D eigenvalue weighted by atomic mass is 10.1. The zero-order chi connectivity index (χ0) is 17.5. The van der Waals surface area contributed by atoms with Crippen LogP contribution in [0.15, 0.2) is 36.4 Å². The van der Waals surface area contributed by atoms with E-state index in [1.807, 2.05) is 5.43 Å². The molecule has 24 heavy (non-hydrogen) atoms. The zero-order valence-electron chi connectivity index (χ0n) is 12.8. The number of nitrogens with one attached hydrogen (secondary N) is 2. The van der Waals surface area contributed by atoms with Crippen LogP contribution in [0.5, 0.6) is 11.8 Å². The van der Waals surface area contributed by atoms with Gasteiger partial charge in [0.05, 0.1) is 7.11 Å². The molecule has 0 aliphatic carbocycles. The number of urea groups is 1. The van der Waals surface area contributed by atoms with Crippen LogP contribution in [0.3, 0.4) is 0 Å². The molecule has 0 saturated heterocycles. The second kappa shape index (κ2) is 8.06. The third kappa shape index (κ3) is 4.29. The van der Waals surface area contributed by atoms with Gasteiger partial charge in [0.1, 0.15) is 6.61 Å². The molecule has 128 valence electrons. The first-order valence-electron chi connectivity index (χ1n) is 6.86. The number of anilines is 1. The van der Waals surface area contributed by atoms with Crippen molar-refractivity contribution in [2.45, 2.75) is 13.0 Å². The summed E-state index contributed by atoms with van der Waals surface area (Å²) in [5.74, 6) is 5.53. The molecule has 0 unspecified atom stereocenters. The molecule has 4 N–H and O–H groups in total. The first-order valence-corrected chi connectivity index (χ1v) is 6.86. The summed E-state index contributed by atoms with van der Waals surface area (Å²) >= 11 is 0. The first kappa shape index (κ1) is 17.4. The molecule has 0 fully saturated rings. The highest BCUT2D eigenvalue weighted by molar-refractivity contribution is 5.89. The summed E-state index contributed by atoms with van der Waals surface area (Å²) in [6, 6.07) is 8.24. The number of amides is 2. The minimum Gasteiger partial charge on any atom is -0.481 e. The molecule has 0 atom stereocenters. The molecule has 0 bridgehead atoms. The normalized spacial score (nSPS) is 10.4. The van der Waals surface area contributed by atoms with Crippen LogP contribution in [-0.4, -0.2) is 18.1 Å². The molecule has 0 spiro atoms. The maximum absolute atomic E-state index is 13.2. The van der Waals surface area contributed by atoms with E-state index < -0.39 is 12.5 Å². The van der Waals surface area contributed by atoms with Crippen LogP contribution < -0.4 is 26.1 Å². The molecule has 0 saturated carbocycles. The van der Waals surface area contributed by atoms with E-state index in [1.54, 1.807) is 18.2 Å². The van der Waals surface area contributed by atoms with Gasteiger partial charge in [-0.25, -0.2) is 19.4 Å². The van der Waals surface area contributed by atoms with Gasteiger partial charge in [-0.3, -0.25) is 5.43 Å². The number of ether oxygens (including phenoxy) is 2. The van der Waals surface area contributed by atoms with E-state index in [0.29, 0.717) is 5.88 Å². The van der Waals surface area contributed by atoms with Crippen molar-refractivity contribution in [3.63, 3.8) is 0 Å². The van der Waals surface area contributed by atoms with E-state index in [1.165, 1.54) is 25.3 Å². The third-order valence-electron chi connectivity index (χ3n) is 3.10. The van der Waals surface area contributed by atoms with Crippen molar-refractivity contribution >= 4 is 11.7 Å². The molecule has 1 aromatic carbocycles. The number of alkyl halides is 2. The smallest absolute Gasteiger partial charge is 0.333 e. The predicted molar refractivity (Wildman–Crippen MR) is 82.9 cm³/mol. The van der Waals surface area contributed by atoms with Crippen LogP contribution in [0.25, 0.3) is 0 Å². The Bertz CT molecular complexity index is 713. The molecular formula is C15H16F2N4O3. The van der Waals surface area contributed by atoms with E-state index >= 15 is 0 Å². The van der Waals surface area contributed by atoms with Gasteiger partial charge in [-0.1, -0.05) is 18.2 Å². The van der Waals surface area contributed by atoms with E-state index in [4.69, 9.17) is 15.3 Å². The fourth-order valence-electron chi connectivity index (χ4n) is 1.98. The van der Waals surface area contributed by atoms with Crippen LogP contribution in [0.2, 0.25) is 0 Å². The SMILES string of the molecule is COc1cccc(OCc2c(NC(=O)NN)cccc2C(F)F)n1. The molecule has 2 rings (SSSR count). The van der Waals surface area contributed by atoms with Crippen molar-refractivity contribution in [2.75, 3.05) is 12.4 Å². The van der Waals surface area contributed by atoms with Crippen molar-refractivity contribution < 1.29 is 23.0 Å². The lowest BCUT2D eigenvalue weighted by molar-refractivity contribution is 0.148. The molecule has 0 radical (unpaired) electrons. The predicted octanol–water partition coefficient (Wildman–Crippen LogP) is 2.60. The van der Waals surface area contributed by atoms with Crippen molar-refractivity contribution in [3.8, 4) is 11.8 Å². The lowest BCUT2D eigenvalue weighted by Gasteiger charge is -2.15. The quantitative estimate of drug-likeness (QED) is 0.427. The number of benzene rings is 1. The maximum atomic E-state index is 13.2. The Morgan fingerprint density at radius 2 is 1.96 bits per heavy atom. The molecule has 9 heteroatoms. The second-order valence-electron chi connectivity index (χ2n) is 4.58. The molecule has 1 heterocycles. The minimum atomic E-state index is -2.73. The number of nitrogens with zero attached hydrogens (tertiary/aromatic N) is 1. The zero-order valence-corrected chi connectivity index (χ0v) is 12.8. The Labute approximate surface area is 136 Å². The van der Waals surface area contributed by atoms with E-state index in [0.717, 1.165) is 0 Å². The summed E-state index contributed by atoms with van der Waals surface area (Å²) in [6.07, 6.45) is -2.73. The average molecular weight is 338 g/mol. The summed E-state index contributed by atoms with van der Waals surface area (Å²) in [5.41, 5.74) is 1.91. The van der Waals surface area contributed by atoms with Crippen LogP contribution in [0, 0.1) is 0 Å². The van der Waals surface area contributed by atoms with E-state index in [-0.39, 0.29) is 29.3 Å². The Kier molecular flexibility index (Phi) is 5.85. The molecule has 0 aliphatic heterocycles. The number of carbonyl (C=O) groups excluding carboxylic acids is 1. The van der Waals surface area contributed by atoms with Gasteiger partial charge in [-0.15, -0.1) is 0 Å². The van der Waals surface area contributed by atoms with E-state index in [9.17, 15) is 13.6 Å². The summed E-state index contributed by atoms with van der Waals surface area (Å²) < 4.78 is 36.9. The Hall–Kier alpha value is -2.94. The van der Waals surface area contributed by atoms with Gasteiger partial charge >= 0.3 is 6.03 Å². The summed E-state index contributed by atoms with van der Waals surface area (Å²) in [6.45, 7) is -0.221. The van der Waals surface area contributed by atoms with Gasteiger partial charge in [0.2, 0.25) is 11.8 Å². The monoisotopic (exact) mass is 338 g/mol. The van der Waals surface area contributed by atoms with Crippen LogP contribution in [0.4, 0.5) is 19.3 Å². The van der Waals surface area contributed by atoms with Gasteiger partial charge in [0.15, 0.2) is 0 Å². The minimum absolute atomic E-state index is 0.126. The maximum Gasteiger partial charge on any atom is 0.333 e.